The zero-order valence-corrected chi connectivity index (χ0v) is 15.6. The van der Waals surface area contributed by atoms with E-state index in [1.165, 1.54) is 13.8 Å². The molecule has 3 fully saturated rings. The normalized spacial score (nSPS) is 48.7. The van der Waals surface area contributed by atoms with E-state index in [1.54, 1.807) is 0 Å². The molecule has 7 atom stereocenters. The Kier molecular flexibility index (Phi) is 3.84. The van der Waals surface area contributed by atoms with Crippen molar-refractivity contribution in [2.75, 3.05) is 0 Å². The third kappa shape index (κ3) is 2.23. The lowest BCUT2D eigenvalue weighted by Crippen LogP contribution is -2.60. The molecule has 24 heavy (non-hydrogen) atoms. The van der Waals surface area contributed by atoms with Gasteiger partial charge in [0.25, 0.3) is 0 Å². The van der Waals surface area contributed by atoms with Crippen molar-refractivity contribution in [1.29, 1.82) is 0 Å². The first-order valence-electron chi connectivity index (χ1n) is 8.99. The minimum Gasteiger partial charge on any atom is -0.462 e. The average molecular weight is 338 g/mol. The highest BCUT2D eigenvalue weighted by atomic mass is 16.6. The summed E-state index contributed by atoms with van der Waals surface area (Å²) in [6, 6.07) is 0. The monoisotopic (exact) mass is 338 g/mol. The molecular formula is C19H30O5. The van der Waals surface area contributed by atoms with Gasteiger partial charge in [-0.05, 0) is 30.6 Å². The van der Waals surface area contributed by atoms with Crippen LogP contribution in [0.15, 0.2) is 0 Å². The summed E-state index contributed by atoms with van der Waals surface area (Å²) in [5.41, 5.74) is -1.45. The summed E-state index contributed by atoms with van der Waals surface area (Å²) in [5, 5.41) is 12.0. The molecule has 3 saturated carbocycles. The molecular weight excluding hydrogens is 308 g/mol. The van der Waals surface area contributed by atoms with Gasteiger partial charge in [-0.2, -0.15) is 0 Å². The number of rotatable bonds is 2. The fraction of sp³-hybridized carbons (Fsp3) is 0.895. The van der Waals surface area contributed by atoms with Crippen LogP contribution in [0.25, 0.3) is 0 Å². The first kappa shape index (κ1) is 17.7. The van der Waals surface area contributed by atoms with Crippen LogP contribution in [0.5, 0.6) is 0 Å². The van der Waals surface area contributed by atoms with Gasteiger partial charge in [-0.15, -0.1) is 0 Å². The van der Waals surface area contributed by atoms with Crippen molar-refractivity contribution in [2.24, 2.45) is 28.6 Å². The number of aliphatic hydroxyl groups is 1. The quantitative estimate of drug-likeness (QED) is 0.784. The SMILES string of the molecule is CC(=O)O[C@H]1C[C@@]2(C)CC(C)(C)[C@@H]3[C@@H](OC(C)=O)C[C@@H](C)[C@H]1[C@@]32O. The van der Waals surface area contributed by atoms with Crippen LogP contribution in [-0.4, -0.2) is 34.9 Å². The molecule has 1 N–H and O–H groups in total. The second kappa shape index (κ2) is 5.20. The van der Waals surface area contributed by atoms with Gasteiger partial charge >= 0.3 is 11.9 Å². The Bertz CT molecular complexity index is 570. The Hall–Kier alpha value is -1.10. The fourth-order valence-electron chi connectivity index (χ4n) is 6.82. The van der Waals surface area contributed by atoms with E-state index >= 15 is 0 Å². The molecule has 0 amide bonds. The van der Waals surface area contributed by atoms with Crippen LogP contribution >= 0.6 is 0 Å². The Balaban J connectivity index is 2.07. The van der Waals surface area contributed by atoms with E-state index in [1.807, 2.05) is 0 Å². The molecule has 0 heterocycles. The van der Waals surface area contributed by atoms with Gasteiger partial charge in [0.1, 0.15) is 12.2 Å². The number of ether oxygens (including phenoxy) is 2. The smallest absolute Gasteiger partial charge is 0.302 e. The second-order valence-electron chi connectivity index (χ2n) is 9.27. The Morgan fingerprint density at radius 3 is 2.12 bits per heavy atom. The van der Waals surface area contributed by atoms with Crippen molar-refractivity contribution < 1.29 is 24.2 Å². The topological polar surface area (TPSA) is 72.8 Å². The maximum Gasteiger partial charge on any atom is 0.302 e. The van der Waals surface area contributed by atoms with Crippen LogP contribution in [0.1, 0.15) is 60.8 Å². The van der Waals surface area contributed by atoms with Crippen molar-refractivity contribution in [3.05, 3.63) is 0 Å². The lowest BCUT2D eigenvalue weighted by Gasteiger charge is -2.52. The third-order valence-corrected chi connectivity index (χ3v) is 6.91. The Labute approximate surface area is 144 Å². The zero-order chi connectivity index (χ0) is 18.1. The van der Waals surface area contributed by atoms with Crippen molar-refractivity contribution in [1.82, 2.24) is 0 Å². The summed E-state index contributed by atoms with van der Waals surface area (Å²) in [7, 11) is 0. The maximum absolute atomic E-state index is 12.0. The minimum atomic E-state index is -0.978. The zero-order valence-electron chi connectivity index (χ0n) is 15.6. The average Bonchev–Trinajstić information content (AvgIpc) is 2.63. The fourth-order valence-corrected chi connectivity index (χ4v) is 6.82. The lowest BCUT2D eigenvalue weighted by atomic mass is 9.58. The summed E-state index contributed by atoms with van der Waals surface area (Å²) in [4.78, 5) is 23.2. The molecule has 0 radical (unpaired) electrons. The molecule has 0 aliphatic heterocycles. The third-order valence-electron chi connectivity index (χ3n) is 6.91. The van der Waals surface area contributed by atoms with Crippen molar-refractivity contribution in [3.8, 4) is 0 Å². The van der Waals surface area contributed by atoms with Crippen LogP contribution in [0, 0.1) is 28.6 Å². The van der Waals surface area contributed by atoms with E-state index in [0.717, 1.165) is 6.42 Å². The molecule has 0 aromatic rings. The van der Waals surface area contributed by atoms with Gasteiger partial charge in [-0.3, -0.25) is 9.59 Å². The molecule has 0 bridgehead atoms. The number of carbonyl (C=O) groups excluding carboxylic acids is 2. The molecule has 0 aromatic carbocycles. The van der Waals surface area contributed by atoms with Gasteiger partial charge in [0.2, 0.25) is 0 Å². The first-order valence-corrected chi connectivity index (χ1v) is 8.99. The van der Waals surface area contributed by atoms with Crippen LogP contribution in [0.4, 0.5) is 0 Å². The number of esters is 2. The molecule has 5 nitrogen and oxygen atoms in total. The van der Waals surface area contributed by atoms with Crippen molar-refractivity contribution >= 4 is 11.9 Å². The molecule has 0 aromatic heterocycles. The van der Waals surface area contributed by atoms with Crippen molar-refractivity contribution in [3.63, 3.8) is 0 Å². The summed E-state index contributed by atoms with van der Waals surface area (Å²) in [6.07, 6.45) is 1.66. The molecule has 3 rings (SSSR count). The summed E-state index contributed by atoms with van der Waals surface area (Å²) in [5.74, 6) is -0.716. The molecule has 0 unspecified atom stereocenters. The molecule has 5 heteroatoms. The maximum atomic E-state index is 12.0. The predicted octanol–water partition coefficient (Wildman–Crippen LogP) is 2.69. The molecule has 0 spiro atoms. The summed E-state index contributed by atoms with van der Waals surface area (Å²) >= 11 is 0. The Morgan fingerprint density at radius 2 is 1.58 bits per heavy atom. The van der Waals surface area contributed by atoms with Crippen LogP contribution in [0.3, 0.4) is 0 Å². The summed E-state index contributed by atoms with van der Waals surface area (Å²) in [6.45, 7) is 11.3. The van der Waals surface area contributed by atoms with Gasteiger partial charge in [0.05, 0.1) is 5.60 Å². The highest BCUT2D eigenvalue weighted by Crippen LogP contribution is 2.72. The van der Waals surface area contributed by atoms with Gasteiger partial charge in [0, 0.05) is 31.1 Å². The van der Waals surface area contributed by atoms with E-state index in [0.29, 0.717) is 12.8 Å². The predicted molar refractivity (Wildman–Crippen MR) is 87.9 cm³/mol. The van der Waals surface area contributed by atoms with E-state index < -0.39 is 5.60 Å². The molecule has 136 valence electrons. The van der Waals surface area contributed by atoms with Gasteiger partial charge in [-0.25, -0.2) is 0 Å². The lowest BCUT2D eigenvalue weighted by molar-refractivity contribution is -0.205. The van der Waals surface area contributed by atoms with Crippen LogP contribution in [-0.2, 0) is 19.1 Å². The van der Waals surface area contributed by atoms with E-state index in [9.17, 15) is 14.7 Å². The molecule has 3 aliphatic carbocycles. The summed E-state index contributed by atoms with van der Waals surface area (Å²) < 4.78 is 11.3. The van der Waals surface area contributed by atoms with Gasteiger partial charge < -0.3 is 14.6 Å². The largest absolute Gasteiger partial charge is 0.462 e. The second-order valence-corrected chi connectivity index (χ2v) is 9.27. The Morgan fingerprint density at radius 1 is 1.04 bits per heavy atom. The number of hydrogen-bond acceptors (Lipinski definition) is 5. The first-order chi connectivity index (χ1) is 10.9. The molecule has 3 aliphatic rings. The minimum absolute atomic E-state index is 0.106. The van der Waals surface area contributed by atoms with E-state index in [-0.39, 0.29) is 52.7 Å². The number of hydrogen-bond donors (Lipinski definition) is 1. The standard InChI is InChI=1S/C19H30O5/c1-10-7-13(23-11(2)20)16-17(4,5)9-18(6)8-14(24-12(3)21)15(10)19(16,18)22/h10,13-16,22H,7-9H2,1-6H3/t10-,13+,14+,15-,16+,18+,19-/m1/s1. The highest BCUT2D eigenvalue weighted by Gasteiger charge is 2.77. The van der Waals surface area contributed by atoms with E-state index in [4.69, 9.17) is 9.47 Å². The van der Waals surface area contributed by atoms with Crippen molar-refractivity contribution in [2.45, 2.75) is 78.6 Å². The molecule has 0 saturated heterocycles. The van der Waals surface area contributed by atoms with Crippen LogP contribution in [0.2, 0.25) is 0 Å². The van der Waals surface area contributed by atoms with Crippen LogP contribution < -0.4 is 0 Å². The van der Waals surface area contributed by atoms with Gasteiger partial charge in [0.15, 0.2) is 0 Å². The number of carbonyl (C=O) groups is 2. The highest BCUT2D eigenvalue weighted by molar-refractivity contribution is 5.66. The van der Waals surface area contributed by atoms with Gasteiger partial charge in [-0.1, -0.05) is 27.7 Å². The van der Waals surface area contributed by atoms with E-state index in [2.05, 4.69) is 27.7 Å².